The number of nitrogens with zero attached hydrogens (tertiary/aromatic N) is 2. The average Bonchev–Trinajstić information content (AvgIpc) is 3.13. The molecule has 0 aliphatic carbocycles. The van der Waals surface area contributed by atoms with E-state index in [1.165, 1.54) is 17.7 Å². The van der Waals surface area contributed by atoms with Crippen LogP contribution in [0.5, 0.6) is 0 Å². The predicted octanol–water partition coefficient (Wildman–Crippen LogP) is 3.30. The normalized spacial score (nSPS) is 14.7. The Morgan fingerprint density at radius 1 is 1.07 bits per heavy atom. The molecular weight excluding hydrogens is 377 g/mol. The first-order chi connectivity index (χ1) is 13.5. The van der Waals surface area contributed by atoms with Crippen molar-refractivity contribution in [3.05, 3.63) is 90.0 Å². The average molecular weight is 397 g/mol. The van der Waals surface area contributed by atoms with Crippen LogP contribution in [0.15, 0.2) is 78.0 Å². The van der Waals surface area contributed by atoms with Gasteiger partial charge in [-0.05, 0) is 53.9 Å². The zero-order valence-corrected chi connectivity index (χ0v) is 15.9. The van der Waals surface area contributed by atoms with Crippen LogP contribution in [0.3, 0.4) is 0 Å². The molecule has 1 aliphatic rings. The van der Waals surface area contributed by atoms with Gasteiger partial charge in [0, 0.05) is 31.2 Å². The number of fused-ring (bicyclic) bond motifs is 1. The number of nitrogens with one attached hydrogen (secondary N) is 1. The summed E-state index contributed by atoms with van der Waals surface area (Å²) in [7, 11) is -3.75. The van der Waals surface area contributed by atoms with E-state index in [0.717, 1.165) is 36.3 Å². The number of hydrogen-bond donors (Lipinski definition) is 1. The van der Waals surface area contributed by atoms with E-state index < -0.39 is 15.8 Å². The summed E-state index contributed by atoms with van der Waals surface area (Å²) in [4.78, 5) is 6.45. The van der Waals surface area contributed by atoms with E-state index in [9.17, 15) is 12.8 Å². The molecule has 0 saturated carbocycles. The Balaban J connectivity index is 1.61. The maximum Gasteiger partial charge on any atom is 0.240 e. The molecule has 2 heterocycles. The highest BCUT2D eigenvalue weighted by atomic mass is 32.2. The van der Waals surface area contributed by atoms with Gasteiger partial charge >= 0.3 is 0 Å². The number of sulfonamides is 1. The van der Waals surface area contributed by atoms with E-state index in [1.54, 1.807) is 12.4 Å². The number of benzene rings is 2. The van der Waals surface area contributed by atoms with Crippen LogP contribution in [0.1, 0.15) is 17.2 Å². The maximum atomic E-state index is 13.1. The summed E-state index contributed by atoms with van der Waals surface area (Å²) in [6, 6.07) is 16.6. The van der Waals surface area contributed by atoms with Gasteiger partial charge < -0.3 is 4.90 Å². The lowest BCUT2D eigenvalue weighted by molar-refractivity contribution is 0.562. The maximum absolute atomic E-state index is 13.1. The SMILES string of the molecule is O=S(=O)(NC[C@H](c1cccnc1)N1CCc2ccccc21)c1ccc(F)cc1. The second-order valence-electron chi connectivity index (χ2n) is 6.68. The standard InChI is InChI=1S/C21H20FN3O2S/c22-18-7-9-19(10-8-18)28(26,27)24-15-21(17-5-3-12-23-14-17)25-13-11-16-4-1-2-6-20(16)25/h1-10,12,14,21,24H,11,13,15H2/t21-/m1/s1. The molecule has 0 fully saturated rings. The number of hydrogen-bond acceptors (Lipinski definition) is 4. The molecule has 0 spiro atoms. The molecule has 5 nitrogen and oxygen atoms in total. The minimum atomic E-state index is -3.75. The monoisotopic (exact) mass is 397 g/mol. The summed E-state index contributed by atoms with van der Waals surface area (Å²) in [5, 5.41) is 0. The molecule has 2 aromatic carbocycles. The zero-order valence-electron chi connectivity index (χ0n) is 15.1. The molecule has 4 rings (SSSR count). The molecule has 0 radical (unpaired) electrons. The van der Waals surface area contributed by atoms with Crippen LogP contribution in [0.25, 0.3) is 0 Å². The smallest absolute Gasteiger partial charge is 0.240 e. The minimum Gasteiger partial charge on any atom is -0.363 e. The first kappa shape index (κ1) is 18.6. The van der Waals surface area contributed by atoms with Crippen molar-refractivity contribution in [2.24, 2.45) is 0 Å². The summed E-state index contributed by atoms with van der Waals surface area (Å²) in [5.41, 5.74) is 3.29. The first-order valence-electron chi connectivity index (χ1n) is 9.04. The molecule has 0 amide bonds. The third kappa shape index (κ3) is 3.76. The van der Waals surface area contributed by atoms with E-state index in [2.05, 4.69) is 26.7 Å². The van der Waals surface area contributed by atoms with Crippen LogP contribution in [-0.4, -0.2) is 26.5 Å². The highest BCUT2D eigenvalue weighted by Gasteiger charge is 2.28. The van der Waals surface area contributed by atoms with Gasteiger partial charge in [-0.1, -0.05) is 24.3 Å². The van der Waals surface area contributed by atoms with Crippen LogP contribution in [0, 0.1) is 5.82 Å². The molecule has 28 heavy (non-hydrogen) atoms. The summed E-state index contributed by atoms with van der Waals surface area (Å²) in [6.45, 7) is 0.983. The Kier molecular flexibility index (Phi) is 5.11. The summed E-state index contributed by atoms with van der Waals surface area (Å²) in [6.07, 6.45) is 4.37. The van der Waals surface area contributed by atoms with Gasteiger partial charge in [-0.3, -0.25) is 4.98 Å². The fourth-order valence-corrected chi connectivity index (χ4v) is 4.59. The third-order valence-corrected chi connectivity index (χ3v) is 6.40. The molecule has 0 bridgehead atoms. The molecule has 7 heteroatoms. The van der Waals surface area contributed by atoms with Crippen LogP contribution in [-0.2, 0) is 16.4 Å². The molecule has 1 N–H and O–H groups in total. The summed E-state index contributed by atoms with van der Waals surface area (Å²) < 4.78 is 41.2. The van der Waals surface area contributed by atoms with E-state index in [1.807, 2.05) is 24.3 Å². The first-order valence-corrected chi connectivity index (χ1v) is 10.5. The largest absolute Gasteiger partial charge is 0.363 e. The van der Waals surface area contributed by atoms with Crippen molar-refractivity contribution in [1.82, 2.24) is 9.71 Å². The van der Waals surface area contributed by atoms with Gasteiger partial charge in [0.25, 0.3) is 0 Å². The van der Waals surface area contributed by atoms with E-state index in [4.69, 9.17) is 0 Å². The van der Waals surface area contributed by atoms with E-state index >= 15 is 0 Å². The fourth-order valence-electron chi connectivity index (χ4n) is 3.55. The van der Waals surface area contributed by atoms with Crippen molar-refractivity contribution < 1.29 is 12.8 Å². The van der Waals surface area contributed by atoms with Crippen molar-refractivity contribution in [1.29, 1.82) is 0 Å². The number of aromatic nitrogens is 1. The predicted molar refractivity (Wildman–Crippen MR) is 106 cm³/mol. The van der Waals surface area contributed by atoms with Gasteiger partial charge in [-0.15, -0.1) is 0 Å². The van der Waals surface area contributed by atoms with Crippen LogP contribution < -0.4 is 9.62 Å². The molecule has 1 aromatic heterocycles. The number of para-hydroxylation sites is 1. The van der Waals surface area contributed by atoms with Crippen molar-refractivity contribution in [2.45, 2.75) is 17.4 Å². The van der Waals surface area contributed by atoms with Crippen molar-refractivity contribution in [3.8, 4) is 0 Å². The molecule has 144 valence electrons. The number of anilines is 1. The van der Waals surface area contributed by atoms with Crippen molar-refractivity contribution in [2.75, 3.05) is 18.0 Å². The highest BCUT2D eigenvalue weighted by Crippen LogP contribution is 2.34. The summed E-state index contributed by atoms with van der Waals surface area (Å²) in [5.74, 6) is -0.471. The number of pyridine rings is 1. The Bertz CT molecular complexity index is 1060. The number of halogens is 1. The Morgan fingerprint density at radius 2 is 1.86 bits per heavy atom. The van der Waals surface area contributed by atoms with Gasteiger partial charge in [-0.2, -0.15) is 0 Å². The lowest BCUT2D eigenvalue weighted by Crippen LogP contribution is -2.37. The van der Waals surface area contributed by atoms with E-state index in [0.29, 0.717) is 0 Å². The lowest BCUT2D eigenvalue weighted by Gasteiger charge is -2.31. The van der Waals surface area contributed by atoms with Crippen LogP contribution in [0.4, 0.5) is 10.1 Å². The molecule has 1 atom stereocenters. The Morgan fingerprint density at radius 3 is 2.61 bits per heavy atom. The molecule has 1 aliphatic heterocycles. The van der Waals surface area contributed by atoms with Crippen molar-refractivity contribution >= 4 is 15.7 Å². The molecule has 0 saturated heterocycles. The van der Waals surface area contributed by atoms with Crippen LogP contribution in [0.2, 0.25) is 0 Å². The quantitative estimate of drug-likeness (QED) is 0.693. The second kappa shape index (κ2) is 7.69. The third-order valence-electron chi connectivity index (χ3n) is 4.96. The topological polar surface area (TPSA) is 62.3 Å². The van der Waals surface area contributed by atoms with Gasteiger partial charge in [0.1, 0.15) is 5.82 Å². The number of rotatable bonds is 6. The Labute approximate surface area is 163 Å². The Hall–Kier alpha value is -2.77. The summed E-state index contributed by atoms with van der Waals surface area (Å²) >= 11 is 0. The van der Waals surface area contributed by atoms with E-state index in [-0.39, 0.29) is 17.5 Å². The molecule has 3 aromatic rings. The van der Waals surface area contributed by atoms with Crippen molar-refractivity contribution in [3.63, 3.8) is 0 Å². The van der Waals surface area contributed by atoms with Gasteiger partial charge in [0.2, 0.25) is 10.0 Å². The van der Waals surface area contributed by atoms with Gasteiger partial charge in [0.15, 0.2) is 0 Å². The fraction of sp³-hybridized carbons (Fsp3) is 0.190. The van der Waals surface area contributed by atoms with Gasteiger partial charge in [0.05, 0.1) is 10.9 Å². The minimum absolute atomic E-state index is 0.0423. The van der Waals surface area contributed by atoms with Gasteiger partial charge in [-0.25, -0.2) is 17.5 Å². The van der Waals surface area contributed by atoms with Crippen LogP contribution >= 0.6 is 0 Å². The molecular formula is C21H20FN3O2S. The molecule has 0 unspecified atom stereocenters. The second-order valence-corrected chi connectivity index (χ2v) is 8.45. The zero-order chi connectivity index (χ0) is 19.6. The lowest BCUT2D eigenvalue weighted by atomic mass is 10.1. The highest BCUT2D eigenvalue weighted by molar-refractivity contribution is 7.89.